The highest BCUT2D eigenvalue weighted by Crippen LogP contribution is 2.14. The lowest BCUT2D eigenvalue weighted by Crippen LogP contribution is -2.19. The molecule has 0 aliphatic rings. The molecule has 94 valence electrons. The fraction of sp³-hybridized carbons (Fsp3) is 0.545. The number of carbonyl (C=O) groups is 1. The van der Waals surface area contributed by atoms with E-state index in [9.17, 15) is 4.79 Å². The normalized spacial score (nSPS) is 10.4. The van der Waals surface area contributed by atoms with Gasteiger partial charge < -0.3 is 15.8 Å². The Hall–Kier alpha value is -1.85. The number of hydrogen-bond donors (Lipinski definition) is 2. The summed E-state index contributed by atoms with van der Waals surface area (Å²) in [6, 6.07) is 1.95. The van der Waals surface area contributed by atoms with Crippen LogP contribution in [0.3, 0.4) is 0 Å². The van der Waals surface area contributed by atoms with Crippen LogP contribution in [-0.2, 0) is 4.74 Å². The first-order valence-electron chi connectivity index (χ1n) is 5.50. The summed E-state index contributed by atoms with van der Waals surface area (Å²) in [4.78, 5) is 18.9. The number of carbonyl (C=O) groups excluding carboxylic acids is 1. The third-order valence-corrected chi connectivity index (χ3v) is 2.10. The molecule has 0 aromatic carbocycles. The molecule has 0 fully saturated rings. The summed E-state index contributed by atoms with van der Waals surface area (Å²) in [5.74, 6) is 0.890. The number of hydrogen-bond acceptors (Lipinski definition) is 5. The molecule has 3 N–H and O–H groups in total. The average Bonchev–Trinajstić information content (AvgIpc) is 2.23. The minimum Gasteiger partial charge on any atom is -0.448 e. The van der Waals surface area contributed by atoms with Crippen molar-refractivity contribution in [1.82, 2.24) is 9.97 Å². The molecule has 6 nitrogen and oxygen atoms in total. The molecule has 0 aliphatic carbocycles. The second-order valence-corrected chi connectivity index (χ2v) is 4.01. The topological polar surface area (TPSA) is 90.1 Å². The van der Waals surface area contributed by atoms with Crippen LogP contribution in [0.1, 0.15) is 31.2 Å². The first-order valence-corrected chi connectivity index (χ1v) is 5.50. The molecule has 1 heterocycles. The predicted octanol–water partition coefficient (Wildman–Crippen LogP) is 1.42. The minimum absolute atomic E-state index is 0.198. The molecule has 1 rings (SSSR count). The van der Waals surface area contributed by atoms with Crippen molar-refractivity contribution in [3.05, 3.63) is 17.5 Å². The summed E-state index contributed by atoms with van der Waals surface area (Å²) >= 11 is 0. The van der Waals surface area contributed by atoms with E-state index < -0.39 is 6.09 Å². The molecular formula is C11H18N4O2. The van der Waals surface area contributed by atoms with Crippen LogP contribution in [0, 0.1) is 6.92 Å². The van der Waals surface area contributed by atoms with Gasteiger partial charge in [-0.25, -0.2) is 14.8 Å². The number of amides is 1. The van der Waals surface area contributed by atoms with Gasteiger partial charge in [0.2, 0.25) is 5.95 Å². The molecule has 0 spiro atoms. The van der Waals surface area contributed by atoms with E-state index in [4.69, 9.17) is 5.73 Å². The molecular weight excluding hydrogens is 220 g/mol. The van der Waals surface area contributed by atoms with Crippen molar-refractivity contribution in [1.29, 1.82) is 0 Å². The van der Waals surface area contributed by atoms with Crippen molar-refractivity contribution in [3.8, 4) is 0 Å². The molecule has 0 bridgehead atoms. The smallest absolute Gasteiger partial charge is 0.404 e. The van der Waals surface area contributed by atoms with Gasteiger partial charge in [0, 0.05) is 11.4 Å². The Kier molecular flexibility index (Phi) is 4.68. The van der Waals surface area contributed by atoms with Gasteiger partial charge >= 0.3 is 6.09 Å². The van der Waals surface area contributed by atoms with E-state index in [0.717, 1.165) is 11.4 Å². The van der Waals surface area contributed by atoms with Crippen LogP contribution in [-0.4, -0.2) is 29.2 Å². The first-order chi connectivity index (χ1) is 7.99. The lowest BCUT2D eigenvalue weighted by molar-refractivity contribution is 0.161. The van der Waals surface area contributed by atoms with Gasteiger partial charge in [-0.1, -0.05) is 13.8 Å². The van der Waals surface area contributed by atoms with Gasteiger partial charge in [-0.05, 0) is 18.9 Å². The zero-order valence-corrected chi connectivity index (χ0v) is 10.4. The van der Waals surface area contributed by atoms with Crippen LogP contribution in [0.5, 0.6) is 0 Å². The quantitative estimate of drug-likeness (QED) is 0.757. The molecule has 1 aromatic rings. The zero-order chi connectivity index (χ0) is 12.8. The molecule has 0 saturated carbocycles. The van der Waals surface area contributed by atoms with Crippen molar-refractivity contribution < 1.29 is 9.53 Å². The Morgan fingerprint density at radius 1 is 1.53 bits per heavy atom. The molecule has 0 aliphatic heterocycles. The maximum atomic E-state index is 10.3. The van der Waals surface area contributed by atoms with Crippen molar-refractivity contribution in [2.75, 3.05) is 18.5 Å². The van der Waals surface area contributed by atoms with E-state index in [1.807, 2.05) is 13.0 Å². The number of anilines is 1. The second kappa shape index (κ2) is 6.03. The Morgan fingerprint density at radius 3 is 2.82 bits per heavy atom. The van der Waals surface area contributed by atoms with E-state index in [1.165, 1.54) is 0 Å². The van der Waals surface area contributed by atoms with E-state index in [-0.39, 0.29) is 6.61 Å². The molecule has 6 heteroatoms. The van der Waals surface area contributed by atoms with Gasteiger partial charge in [-0.3, -0.25) is 0 Å². The molecule has 0 atom stereocenters. The second-order valence-electron chi connectivity index (χ2n) is 4.01. The number of rotatable bonds is 5. The van der Waals surface area contributed by atoms with E-state index >= 15 is 0 Å². The summed E-state index contributed by atoms with van der Waals surface area (Å²) in [5, 5.41) is 2.98. The van der Waals surface area contributed by atoms with E-state index in [2.05, 4.69) is 33.9 Å². The zero-order valence-electron chi connectivity index (χ0n) is 10.4. The Labute approximate surface area is 101 Å². The van der Waals surface area contributed by atoms with Crippen LogP contribution < -0.4 is 11.1 Å². The van der Waals surface area contributed by atoms with Gasteiger partial charge in [0.15, 0.2) is 0 Å². The van der Waals surface area contributed by atoms with Crippen LogP contribution in [0.4, 0.5) is 10.7 Å². The van der Waals surface area contributed by atoms with Crippen molar-refractivity contribution in [3.63, 3.8) is 0 Å². The van der Waals surface area contributed by atoms with E-state index in [0.29, 0.717) is 18.4 Å². The maximum Gasteiger partial charge on any atom is 0.404 e. The predicted molar refractivity (Wildman–Crippen MR) is 64.9 cm³/mol. The van der Waals surface area contributed by atoms with Gasteiger partial charge in [0.1, 0.15) is 6.61 Å². The molecule has 0 radical (unpaired) electrons. The molecule has 0 unspecified atom stereocenters. The summed E-state index contributed by atoms with van der Waals surface area (Å²) in [6.07, 6.45) is -0.778. The number of aryl methyl sites for hydroxylation is 1. The summed E-state index contributed by atoms with van der Waals surface area (Å²) in [6.45, 7) is 6.69. The first kappa shape index (κ1) is 13.2. The molecule has 0 saturated heterocycles. The summed E-state index contributed by atoms with van der Waals surface area (Å²) in [7, 11) is 0. The third-order valence-electron chi connectivity index (χ3n) is 2.10. The number of ether oxygens (including phenoxy) is 1. The number of nitrogens with zero attached hydrogens (tertiary/aromatic N) is 2. The maximum absolute atomic E-state index is 10.3. The van der Waals surface area contributed by atoms with Crippen molar-refractivity contribution >= 4 is 12.0 Å². The Bertz CT molecular complexity index is 393. The minimum atomic E-state index is -0.778. The van der Waals surface area contributed by atoms with Crippen LogP contribution in [0.2, 0.25) is 0 Å². The van der Waals surface area contributed by atoms with Crippen molar-refractivity contribution in [2.45, 2.75) is 26.7 Å². The number of aromatic nitrogens is 2. The average molecular weight is 238 g/mol. The number of primary amides is 1. The SMILES string of the molecule is Cc1cc(C(C)C)nc(NCCOC(N)=O)n1. The van der Waals surface area contributed by atoms with Gasteiger partial charge in [0.25, 0.3) is 0 Å². The number of nitrogens with two attached hydrogens (primary N) is 1. The highest BCUT2D eigenvalue weighted by molar-refractivity contribution is 5.64. The Morgan fingerprint density at radius 2 is 2.24 bits per heavy atom. The van der Waals surface area contributed by atoms with Crippen molar-refractivity contribution in [2.24, 2.45) is 5.73 Å². The monoisotopic (exact) mass is 238 g/mol. The number of nitrogens with one attached hydrogen (secondary N) is 1. The summed E-state index contributed by atoms with van der Waals surface area (Å²) < 4.78 is 4.59. The van der Waals surface area contributed by atoms with Gasteiger partial charge in [0.05, 0.1) is 6.54 Å². The highest BCUT2D eigenvalue weighted by Gasteiger charge is 2.05. The van der Waals surface area contributed by atoms with Crippen LogP contribution in [0.25, 0.3) is 0 Å². The van der Waals surface area contributed by atoms with E-state index in [1.54, 1.807) is 0 Å². The molecule has 17 heavy (non-hydrogen) atoms. The highest BCUT2D eigenvalue weighted by atomic mass is 16.5. The standard InChI is InChI=1S/C11H18N4O2/c1-7(2)9-6-8(3)14-11(15-9)13-4-5-17-10(12)16/h6-7H,4-5H2,1-3H3,(H2,12,16)(H,13,14,15). The third kappa shape index (κ3) is 4.67. The fourth-order valence-electron chi connectivity index (χ4n) is 1.28. The van der Waals surface area contributed by atoms with Crippen LogP contribution >= 0.6 is 0 Å². The fourth-order valence-corrected chi connectivity index (χ4v) is 1.28. The Balaban J connectivity index is 2.55. The lowest BCUT2D eigenvalue weighted by atomic mass is 10.1. The summed E-state index contributed by atoms with van der Waals surface area (Å²) in [5.41, 5.74) is 6.73. The lowest BCUT2D eigenvalue weighted by Gasteiger charge is -2.09. The molecule has 1 aromatic heterocycles. The molecule has 1 amide bonds. The van der Waals surface area contributed by atoms with Gasteiger partial charge in [-0.2, -0.15) is 0 Å². The largest absolute Gasteiger partial charge is 0.448 e. The van der Waals surface area contributed by atoms with Gasteiger partial charge in [-0.15, -0.1) is 0 Å². The van der Waals surface area contributed by atoms with Crippen LogP contribution in [0.15, 0.2) is 6.07 Å².